The normalized spacial score (nSPS) is 10.7. The Morgan fingerprint density at radius 3 is 2.68 bits per heavy atom. The summed E-state index contributed by atoms with van der Waals surface area (Å²) in [7, 11) is 0. The average molecular weight is 265 g/mol. The third kappa shape index (κ3) is 7.26. The van der Waals surface area contributed by atoms with Crippen LogP contribution < -0.4 is 10.5 Å². The summed E-state index contributed by atoms with van der Waals surface area (Å²) in [6, 6.07) is 7.63. The van der Waals surface area contributed by atoms with Crippen LogP contribution in [0.3, 0.4) is 0 Å². The van der Waals surface area contributed by atoms with Gasteiger partial charge in [-0.15, -0.1) is 0 Å². The minimum absolute atomic E-state index is 0.214. The van der Waals surface area contributed by atoms with E-state index in [4.69, 9.17) is 15.2 Å². The van der Waals surface area contributed by atoms with Crippen molar-refractivity contribution in [3.63, 3.8) is 0 Å². The first-order valence-electron chi connectivity index (χ1n) is 6.38. The van der Waals surface area contributed by atoms with Crippen molar-refractivity contribution in [2.24, 2.45) is 5.73 Å². The van der Waals surface area contributed by atoms with E-state index in [-0.39, 0.29) is 13.2 Å². The molecule has 1 atom stereocenters. The smallest absolute Gasteiger partial charge is 0.330 e. The fraction of sp³-hybridized carbons (Fsp3) is 0.400. The van der Waals surface area contributed by atoms with Gasteiger partial charge in [0, 0.05) is 12.6 Å². The molecule has 106 valence electrons. The molecule has 1 aromatic carbocycles. The van der Waals surface area contributed by atoms with Crippen LogP contribution in [0.1, 0.15) is 19.4 Å². The van der Waals surface area contributed by atoms with Gasteiger partial charge in [-0.2, -0.15) is 0 Å². The van der Waals surface area contributed by atoms with Crippen LogP contribution in [0.15, 0.2) is 36.9 Å². The van der Waals surface area contributed by atoms with Crippen molar-refractivity contribution < 1.29 is 14.3 Å². The van der Waals surface area contributed by atoms with E-state index in [2.05, 4.69) is 6.58 Å². The van der Waals surface area contributed by atoms with Crippen LogP contribution >= 0.6 is 0 Å². The molecule has 4 nitrogen and oxygen atoms in total. The maximum absolute atomic E-state index is 11.0. The minimum Gasteiger partial charge on any atom is -0.490 e. The Morgan fingerprint density at radius 2 is 2.16 bits per heavy atom. The predicted molar refractivity (Wildman–Crippen MR) is 77.2 cm³/mol. The zero-order valence-corrected chi connectivity index (χ0v) is 11.9. The monoisotopic (exact) mass is 265 g/mol. The summed E-state index contributed by atoms with van der Waals surface area (Å²) in [4.78, 5) is 11.0. The van der Waals surface area contributed by atoms with Crippen LogP contribution in [0.4, 0.5) is 0 Å². The van der Waals surface area contributed by atoms with Crippen molar-refractivity contribution in [1.82, 2.24) is 0 Å². The number of aryl methyl sites for hydroxylation is 1. The van der Waals surface area contributed by atoms with E-state index in [1.54, 1.807) is 0 Å². The van der Waals surface area contributed by atoms with E-state index in [0.717, 1.165) is 17.4 Å². The molecule has 2 N–H and O–H groups in total. The van der Waals surface area contributed by atoms with E-state index in [1.165, 1.54) is 0 Å². The average Bonchev–Trinajstić information content (AvgIpc) is 2.45. The number of nitrogens with two attached hydrogens (primary N) is 1. The van der Waals surface area contributed by atoms with Crippen LogP contribution in [-0.4, -0.2) is 25.2 Å². The third-order valence-corrected chi connectivity index (χ3v) is 2.14. The van der Waals surface area contributed by atoms with Gasteiger partial charge in [-0.25, -0.2) is 4.79 Å². The third-order valence-electron chi connectivity index (χ3n) is 2.14. The first-order valence-corrected chi connectivity index (χ1v) is 6.38. The van der Waals surface area contributed by atoms with Crippen LogP contribution in [-0.2, 0) is 9.53 Å². The van der Waals surface area contributed by atoms with E-state index < -0.39 is 12.1 Å². The van der Waals surface area contributed by atoms with Gasteiger partial charge < -0.3 is 15.2 Å². The lowest BCUT2D eigenvalue weighted by atomic mass is 10.2. The van der Waals surface area contributed by atoms with Crippen molar-refractivity contribution in [1.29, 1.82) is 0 Å². The van der Waals surface area contributed by atoms with Crippen molar-refractivity contribution >= 4 is 5.97 Å². The van der Waals surface area contributed by atoms with Crippen molar-refractivity contribution in [3.05, 3.63) is 42.5 Å². The maximum Gasteiger partial charge on any atom is 0.330 e. The number of rotatable bonds is 6. The number of carbonyl (C=O) groups excluding carboxylic acids is 1. The lowest BCUT2D eigenvalue weighted by Gasteiger charge is -2.16. The van der Waals surface area contributed by atoms with Gasteiger partial charge >= 0.3 is 5.97 Å². The fourth-order valence-electron chi connectivity index (χ4n) is 1.26. The van der Waals surface area contributed by atoms with Gasteiger partial charge in [0.1, 0.15) is 18.5 Å². The summed E-state index contributed by atoms with van der Waals surface area (Å²) in [6.07, 6.45) is 0.649. The Labute approximate surface area is 115 Å². The van der Waals surface area contributed by atoms with E-state index in [9.17, 15) is 4.79 Å². The van der Waals surface area contributed by atoms with E-state index in [1.807, 2.05) is 45.0 Å². The molecule has 0 aliphatic heterocycles. The number of hydrogen-bond donors (Lipinski definition) is 1. The van der Waals surface area contributed by atoms with E-state index >= 15 is 0 Å². The number of carbonyl (C=O) groups is 1. The quantitative estimate of drug-likeness (QED) is 0.634. The van der Waals surface area contributed by atoms with Crippen molar-refractivity contribution in [3.8, 4) is 5.75 Å². The molecule has 0 saturated heterocycles. The molecule has 0 aliphatic rings. The highest BCUT2D eigenvalue weighted by Crippen LogP contribution is 2.12. The van der Waals surface area contributed by atoms with Crippen LogP contribution in [0.2, 0.25) is 0 Å². The lowest BCUT2D eigenvalue weighted by Crippen LogP contribution is -2.31. The molecule has 0 aromatic heterocycles. The Balaban J connectivity index is 0.00000154. The standard InChI is InChI=1S/C13H17NO3.C2H6/c1-3-13(15)17-12(8-14)9-16-11-6-4-5-10(2)7-11;1-2/h3-7,12H,1,8-9,14H2,2H3;1-2H3. The maximum atomic E-state index is 11.0. The highest BCUT2D eigenvalue weighted by atomic mass is 16.6. The molecule has 1 unspecified atom stereocenters. The molecule has 0 aliphatic carbocycles. The van der Waals surface area contributed by atoms with Gasteiger partial charge in [0.05, 0.1) is 0 Å². The summed E-state index contributed by atoms with van der Waals surface area (Å²) in [5, 5.41) is 0. The topological polar surface area (TPSA) is 61.5 Å². The molecular weight excluding hydrogens is 242 g/mol. The largest absolute Gasteiger partial charge is 0.490 e. The predicted octanol–water partition coefficient (Wildman–Crippen LogP) is 2.46. The molecule has 19 heavy (non-hydrogen) atoms. The van der Waals surface area contributed by atoms with Crippen LogP contribution in [0, 0.1) is 6.92 Å². The van der Waals surface area contributed by atoms with Crippen molar-refractivity contribution in [2.75, 3.05) is 13.2 Å². The van der Waals surface area contributed by atoms with Gasteiger partial charge in [0.15, 0.2) is 0 Å². The summed E-state index contributed by atoms with van der Waals surface area (Å²) in [6.45, 7) is 9.75. The minimum atomic E-state index is -0.492. The molecule has 0 fully saturated rings. The molecule has 0 heterocycles. The number of hydrogen-bond acceptors (Lipinski definition) is 4. The van der Waals surface area contributed by atoms with Gasteiger partial charge in [0.2, 0.25) is 0 Å². The molecule has 0 saturated carbocycles. The Kier molecular flexibility index (Phi) is 9.18. The molecule has 1 aromatic rings. The Bertz CT molecular complexity index is 391. The summed E-state index contributed by atoms with van der Waals surface area (Å²) >= 11 is 0. The number of esters is 1. The first kappa shape index (κ1) is 17.2. The molecular formula is C15H23NO3. The highest BCUT2D eigenvalue weighted by Gasteiger charge is 2.11. The zero-order valence-electron chi connectivity index (χ0n) is 11.9. The van der Waals surface area contributed by atoms with E-state index in [0.29, 0.717) is 0 Å². The second-order valence-electron chi connectivity index (χ2n) is 3.63. The van der Waals surface area contributed by atoms with Gasteiger partial charge in [-0.05, 0) is 24.6 Å². The molecule has 4 heteroatoms. The van der Waals surface area contributed by atoms with Crippen LogP contribution in [0.25, 0.3) is 0 Å². The summed E-state index contributed by atoms with van der Waals surface area (Å²) in [5.74, 6) is 0.242. The highest BCUT2D eigenvalue weighted by molar-refractivity contribution is 5.81. The van der Waals surface area contributed by atoms with Gasteiger partial charge in [0.25, 0.3) is 0 Å². The number of ether oxygens (including phenoxy) is 2. The Morgan fingerprint density at radius 1 is 1.47 bits per heavy atom. The van der Waals surface area contributed by atoms with Gasteiger partial charge in [-0.3, -0.25) is 0 Å². The number of benzene rings is 1. The fourth-order valence-corrected chi connectivity index (χ4v) is 1.26. The van der Waals surface area contributed by atoms with Crippen molar-refractivity contribution in [2.45, 2.75) is 26.9 Å². The summed E-state index contributed by atoms with van der Waals surface area (Å²) < 4.78 is 10.5. The Hall–Kier alpha value is -1.81. The second-order valence-corrected chi connectivity index (χ2v) is 3.63. The first-order chi connectivity index (χ1) is 9.15. The van der Waals surface area contributed by atoms with Crippen LogP contribution in [0.5, 0.6) is 5.75 Å². The SMILES string of the molecule is C=CC(=O)OC(CN)COc1cccc(C)c1.CC. The lowest BCUT2D eigenvalue weighted by molar-refractivity contribution is -0.143. The molecule has 0 bridgehead atoms. The molecule has 1 rings (SSSR count). The van der Waals surface area contributed by atoms with Gasteiger partial charge in [-0.1, -0.05) is 32.6 Å². The molecule has 0 radical (unpaired) electrons. The summed E-state index contributed by atoms with van der Waals surface area (Å²) in [5.41, 5.74) is 6.58. The molecule has 0 spiro atoms. The second kappa shape index (κ2) is 10.1. The molecule has 0 amide bonds. The zero-order chi connectivity index (χ0) is 14.7.